The Bertz CT molecular complexity index is 222. The Kier molecular flexibility index (Phi) is 8.88. The van der Waals surface area contributed by atoms with Crippen molar-refractivity contribution in [2.45, 2.75) is 6.92 Å². The van der Waals surface area contributed by atoms with E-state index in [2.05, 4.69) is 6.58 Å². The van der Waals surface area contributed by atoms with Crippen LogP contribution < -0.4 is 29.6 Å². The first-order valence-electron chi connectivity index (χ1n) is 3.07. The van der Waals surface area contributed by atoms with Crippen LogP contribution in [0.4, 0.5) is 0 Å². The van der Waals surface area contributed by atoms with E-state index in [4.69, 9.17) is 4.74 Å². The Morgan fingerprint density at radius 1 is 1.58 bits per heavy atom. The summed E-state index contributed by atoms with van der Waals surface area (Å²) >= 11 is 0. The first kappa shape index (κ1) is 15.1. The third kappa shape index (κ3) is 13.2. The molecule has 12 heavy (non-hydrogen) atoms. The van der Waals surface area contributed by atoms with Crippen LogP contribution in [0, 0.1) is 0 Å². The molecule has 0 aromatic heterocycles. The Labute approximate surface area is 95.0 Å². The van der Waals surface area contributed by atoms with E-state index in [0.717, 1.165) is 5.57 Å². The third-order valence-electron chi connectivity index (χ3n) is 0.826. The van der Waals surface area contributed by atoms with Gasteiger partial charge in [-0.15, -0.1) is 0 Å². The van der Waals surface area contributed by atoms with Crippen LogP contribution in [-0.2, 0) is 14.9 Å². The molecule has 0 N–H and O–H groups in total. The monoisotopic (exact) mass is 202 g/mol. The molecule has 4 nitrogen and oxygen atoms in total. The van der Waals surface area contributed by atoms with E-state index in [1.165, 1.54) is 0 Å². The van der Waals surface area contributed by atoms with Gasteiger partial charge in [-0.25, -0.2) is 8.42 Å². The predicted molar refractivity (Wildman–Crippen MR) is 40.2 cm³/mol. The number of rotatable bonds is 5. The molecular formula is C6H11NaO4S. The number of ether oxygens (including phenoxy) is 1. The zero-order valence-corrected chi connectivity index (χ0v) is 10.2. The number of hydrogen-bond acceptors (Lipinski definition) is 4. The molecule has 0 aliphatic rings. The fraction of sp³-hybridized carbons (Fsp3) is 0.667. The molecule has 0 unspecified atom stereocenters. The van der Waals surface area contributed by atoms with Crippen molar-refractivity contribution in [3.05, 3.63) is 12.2 Å². The third-order valence-corrected chi connectivity index (χ3v) is 1.49. The van der Waals surface area contributed by atoms with Crippen molar-refractivity contribution in [3.8, 4) is 0 Å². The van der Waals surface area contributed by atoms with Crippen molar-refractivity contribution in [2.24, 2.45) is 0 Å². The summed E-state index contributed by atoms with van der Waals surface area (Å²) in [6.07, 6.45) is 0. The Hall–Kier alpha value is 0.610. The Morgan fingerprint density at radius 2 is 2.08 bits per heavy atom. The zero-order chi connectivity index (χ0) is 8.91. The first-order chi connectivity index (χ1) is 4.92. The molecule has 0 aliphatic carbocycles. The Balaban J connectivity index is 0. The average Bonchev–Trinajstić information content (AvgIpc) is 1.78. The van der Waals surface area contributed by atoms with Gasteiger partial charge >= 0.3 is 29.6 Å². The van der Waals surface area contributed by atoms with Crippen LogP contribution in [0.15, 0.2) is 12.2 Å². The van der Waals surface area contributed by atoms with Gasteiger partial charge < -0.3 is 9.29 Å². The second-order valence-corrected chi connectivity index (χ2v) is 3.80. The van der Waals surface area contributed by atoms with Gasteiger partial charge in [0.15, 0.2) is 0 Å². The zero-order valence-electron chi connectivity index (χ0n) is 7.37. The molecule has 0 amide bonds. The van der Waals surface area contributed by atoms with E-state index >= 15 is 0 Å². The molecule has 0 rings (SSSR count). The van der Waals surface area contributed by atoms with Gasteiger partial charge in [-0.1, -0.05) is 12.2 Å². The van der Waals surface area contributed by atoms with E-state index in [0.29, 0.717) is 6.61 Å². The summed E-state index contributed by atoms with van der Waals surface area (Å²) in [5.41, 5.74) is 0.799. The molecule has 0 bridgehead atoms. The quantitative estimate of drug-likeness (QED) is 0.208. The van der Waals surface area contributed by atoms with Crippen LogP contribution in [0.1, 0.15) is 6.92 Å². The van der Waals surface area contributed by atoms with Crippen molar-refractivity contribution in [2.75, 3.05) is 19.0 Å². The van der Waals surface area contributed by atoms with Gasteiger partial charge in [0.25, 0.3) is 0 Å². The second kappa shape index (κ2) is 7.06. The summed E-state index contributed by atoms with van der Waals surface area (Å²) in [6.45, 7) is 5.54. The van der Waals surface area contributed by atoms with Crippen LogP contribution in [0.5, 0.6) is 0 Å². The van der Waals surface area contributed by atoms with Crippen LogP contribution >= 0.6 is 0 Å². The van der Waals surface area contributed by atoms with Crippen LogP contribution in [0.2, 0.25) is 0 Å². The van der Waals surface area contributed by atoms with E-state index < -0.39 is 15.9 Å². The smallest absolute Gasteiger partial charge is 0.748 e. The largest absolute Gasteiger partial charge is 1.00 e. The van der Waals surface area contributed by atoms with Gasteiger partial charge in [-0.2, -0.15) is 0 Å². The van der Waals surface area contributed by atoms with Crippen molar-refractivity contribution in [1.82, 2.24) is 0 Å². The van der Waals surface area contributed by atoms with Crippen LogP contribution in [0.25, 0.3) is 0 Å². The van der Waals surface area contributed by atoms with E-state index in [9.17, 15) is 13.0 Å². The summed E-state index contributed by atoms with van der Waals surface area (Å²) in [4.78, 5) is 0. The van der Waals surface area contributed by atoms with Gasteiger partial charge in [0.1, 0.15) is 0 Å². The molecule has 0 atom stereocenters. The maximum absolute atomic E-state index is 10.0. The topological polar surface area (TPSA) is 66.4 Å². The molecule has 0 heterocycles. The standard InChI is InChI=1S/C6H12O4S.Na/c1-6(2)5-10-3-4-11(7,8)9;/h1,3-5H2,2H3,(H,7,8,9);/q;+1/p-1. The van der Waals surface area contributed by atoms with Crippen molar-refractivity contribution in [1.29, 1.82) is 0 Å². The fourth-order valence-corrected chi connectivity index (χ4v) is 0.729. The normalized spacial score (nSPS) is 10.5. The maximum Gasteiger partial charge on any atom is 1.00 e. The maximum atomic E-state index is 10.0. The van der Waals surface area contributed by atoms with Crippen molar-refractivity contribution >= 4 is 10.1 Å². The van der Waals surface area contributed by atoms with Crippen LogP contribution in [-0.4, -0.2) is 31.9 Å². The van der Waals surface area contributed by atoms with Gasteiger partial charge in [-0.05, 0) is 6.92 Å². The minimum absolute atomic E-state index is 0. The van der Waals surface area contributed by atoms with E-state index in [1.807, 2.05) is 0 Å². The summed E-state index contributed by atoms with van der Waals surface area (Å²) < 4.78 is 34.8. The molecule has 0 aromatic rings. The molecule has 0 saturated heterocycles. The van der Waals surface area contributed by atoms with E-state index in [1.54, 1.807) is 6.92 Å². The summed E-state index contributed by atoms with van der Waals surface area (Å²) in [7, 11) is -4.13. The van der Waals surface area contributed by atoms with Crippen molar-refractivity contribution < 1.29 is 47.3 Å². The molecule has 0 fully saturated rings. The van der Waals surface area contributed by atoms with Crippen molar-refractivity contribution in [3.63, 3.8) is 0 Å². The minimum atomic E-state index is -4.13. The molecule has 0 spiro atoms. The summed E-state index contributed by atoms with van der Waals surface area (Å²) in [5.74, 6) is -0.472. The average molecular weight is 202 g/mol. The molecule has 0 aliphatic heterocycles. The van der Waals surface area contributed by atoms with Gasteiger partial charge in [0.05, 0.1) is 29.1 Å². The molecule has 0 aromatic carbocycles. The SMILES string of the molecule is C=C(C)COCCS(=O)(=O)[O-].[Na+]. The molecule has 0 radical (unpaired) electrons. The van der Waals surface area contributed by atoms with Gasteiger partial charge in [-0.3, -0.25) is 0 Å². The van der Waals surface area contributed by atoms with E-state index in [-0.39, 0.29) is 36.2 Å². The minimum Gasteiger partial charge on any atom is -0.748 e. The fourth-order valence-electron chi connectivity index (χ4n) is 0.407. The van der Waals surface area contributed by atoms with Gasteiger partial charge in [0.2, 0.25) is 0 Å². The second-order valence-electron chi connectivity index (χ2n) is 2.27. The Morgan fingerprint density at radius 3 is 2.42 bits per heavy atom. The number of hydrogen-bond donors (Lipinski definition) is 0. The first-order valence-corrected chi connectivity index (χ1v) is 4.65. The predicted octanol–water partition coefficient (Wildman–Crippen LogP) is -2.87. The van der Waals surface area contributed by atoms with Gasteiger partial charge in [0, 0.05) is 0 Å². The molecule has 0 saturated carbocycles. The van der Waals surface area contributed by atoms with Crippen LogP contribution in [0.3, 0.4) is 0 Å². The molecule has 66 valence electrons. The summed E-state index contributed by atoms with van der Waals surface area (Å²) in [6, 6.07) is 0. The summed E-state index contributed by atoms with van der Waals surface area (Å²) in [5, 5.41) is 0. The molecular weight excluding hydrogens is 191 g/mol. The molecule has 6 heteroatoms.